The molecule has 0 aliphatic rings. The standard InChI is InChI=1S/C18H14ClN5O4/c19-12-6-8-13(9-7-12)21-18-20-10-14(24(27)28)16(23-18)22-15(17(25)26)11-4-2-1-3-5-11/h1-10,15H,(H,25,26)(H2,20,21,22,23). The Morgan fingerprint density at radius 1 is 1.14 bits per heavy atom. The number of nitrogens with zero attached hydrogens (tertiary/aromatic N) is 3. The van der Waals surface area contributed by atoms with Crippen LogP contribution in [0.1, 0.15) is 11.6 Å². The Hall–Kier alpha value is -3.72. The van der Waals surface area contributed by atoms with E-state index in [1.165, 1.54) is 0 Å². The van der Waals surface area contributed by atoms with Gasteiger partial charge in [-0.1, -0.05) is 41.9 Å². The lowest BCUT2D eigenvalue weighted by Crippen LogP contribution is -2.22. The number of benzene rings is 2. The van der Waals surface area contributed by atoms with Crippen molar-refractivity contribution >= 4 is 40.7 Å². The van der Waals surface area contributed by atoms with E-state index in [-0.39, 0.29) is 11.8 Å². The van der Waals surface area contributed by atoms with E-state index in [2.05, 4.69) is 20.6 Å². The van der Waals surface area contributed by atoms with Gasteiger partial charge < -0.3 is 15.7 Å². The molecule has 0 amide bonds. The zero-order valence-corrected chi connectivity index (χ0v) is 15.0. The molecule has 0 aliphatic heterocycles. The molecule has 0 fully saturated rings. The maximum Gasteiger partial charge on any atom is 0.330 e. The van der Waals surface area contributed by atoms with E-state index in [1.807, 2.05) is 0 Å². The summed E-state index contributed by atoms with van der Waals surface area (Å²) in [7, 11) is 0. The number of nitrogens with one attached hydrogen (secondary N) is 2. The fourth-order valence-electron chi connectivity index (χ4n) is 2.41. The van der Waals surface area contributed by atoms with Crippen molar-refractivity contribution in [3.05, 3.63) is 81.5 Å². The topological polar surface area (TPSA) is 130 Å². The Balaban J connectivity index is 1.94. The van der Waals surface area contributed by atoms with E-state index >= 15 is 0 Å². The van der Waals surface area contributed by atoms with Crippen molar-refractivity contribution in [1.82, 2.24) is 9.97 Å². The summed E-state index contributed by atoms with van der Waals surface area (Å²) in [5, 5.41) is 26.9. The lowest BCUT2D eigenvalue weighted by atomic mass is 10.1. The molecule has 2 aromatic carbocycles. The van der Waals surface area contributed by atoms with Gasteiger partial charge in [0.25, 0.3) is 0 Å². The van der Waals surface area contributed by atoms with E-state index in [4.69, 9.17) is 11.6 Å². The molecule has 142 valence electrons. The summed E-state index contributed by atoms with van der Waals surface area (Å²) in [4.78, 5) is 30.3. The Morgan fingerprint density at radius 3 is 2.43 bits per heavy atom. The number of aliphatic carboxylic acids is 1. The minimum atomic E-state index is -1.22. The summed E-state index contributed by atoms with van der Waals surface area (Å²) in [6.07, 6.45) is 1.01. The third kappa shape index (κ3) is 4.51. The fraction of sp³-hybridized carbons (Fsp3) is 0.0556. The van der Waals surface area contributed by atoms with Gasteiger partial charge in [0.2, 0.25) is 11.8 Å². The molecule has 1 unspecified atom stereocenters. The highest BCUT2D eigenvalue weighted by atomic mass is 35.5. The molecule has 28 heavy (non-hydrogen) atoms. The largest absolute Gasteiger partial charge is 0.479 e. The molecule has 0 saturated carbocycles. The minimum Gasteiger partial charge on any atom is -0.479 e. The first-order valence-electron chi connectivity index (χ1n) is 8.02. The van der Waals surface area contributed by atoms with Crippen LogP contribution in [-0.2, 0) is 4.79 Å². The van der Waals surface area contributed by atoms with Crippen molar-refractivity contribution in [2.75, 3.05) is 10.6 Å². The van der Waals surface area contributed by atoms with Crippen molar-refractivity contribution in [1.29, 1.82) is 0 Å². The Morgan fingerprint density at radius 2 is 1.82 bits per heavy atom. The van der Waals surface area contributed by atoms with Gasteiger partial charge >= 0.3 is 11.7 Å². The SMILES string of the molecule is O=C(O)C(Nc1nc(Nc2ccc(Cl)cc2)ncc1[N+](=O)[O-])c1ccccc1. The number of hydrogen-bond donors (Lipinski definition) is 3. The third-order valence-electron chi connectivity index (χ3n) is 3.73. The van der Waals surface area contributed by atoms with Gasteiger partial charge in [-0.15, -0.1) is 0 Å². The second kappa shape index (κ2) is 8.31. The first kappa shape index (κ1) is 19.1. The van der Waals surface area contributed by atoms with Crippen LogP contribution in [0.3, 0.4) is 0 Å². The molecule has 1 atom stereocenters. The lowest BCUT2D eigenvalue weighted by Gasteiger charge is -2.16. The summed E-state index contributed by atoms with van der Waals surface area (Å²) < 4.78 is 0. The first-order chi connectivity index (χ1) is 13.4. The van der Waals surface area contributed by atoms with E-state index in [1.54, 1.807) is 54.6 Å². The quantitative estimate of drug-likeness (QED) is 0.401. The molecule has 0 bridgehead atoms. The van der Waals surface area contributed by atoms with Crippen molar-refractivity contribution in [2.24, 2.45) is 0 Å². The second-order valence-electron chi connectivity index (χ2n) is 5.64. The molecule has 10 heteroatoms. The molecular formula is C18H14ClN5O4. The summed E-state index contributed by atoms with van der Waals surface area (Å²) in [6.45, 7) is 0. The first-order valence-corrected chi connectivity index (χ1v) is 8.40. The van der Waals surface area contributed by atoms with Crippen LogP contribution in [-0.4, -0.2) is 26.0 Å². The molecule has 9 nitrogen and oxygen atoms in total. The number of carboxylic acid groups (broad SMARTS) is 1. The summed E-state index contributed by atoms with van der Waals surface area (Å²) in [5.41, 5.74) is 0.598. The van der Waals surface area contributed by atoms with Gasteiger partial charge in [-0.05, 0) is 29.8 Å². The van der Waals surface area contributed by atoms with Gasteiger partial charge in [0.15, 0.2) is 6.04 Å². The summed E-state index contributed by atoms with van der Waals surface area (Å²) >= 11 is 5.84. The maximum atomic E-state index is 11.7. The van der Waals surface area contributed by atoms with Crippen LogP contribution in [0, 0.1) is 10.1 Å². The van der Waals surface area contributed by atoms with Crippen LogP contribution in [0.25, 0.3) is 0 Å². The fourth-order valence-corrected chi connectivity index (χ4v) is 2.53. The molecule has 0 spiro atoms. The zero-order valence-electron chi connectivity index (χ0n) is 14.2. The molecular weight excluding hydrogens is 386 g/mol. The second-order valence-corrected chi connectivity index (χ2v) is 6.08. The van der Waals surface area contributed by atoms with Gasteiger partial charge in [0, 0.05) is 10.7 Å². The van der Waals surface area contributed by atoms with Crippen molar-refractivity contribution in [3.63, 3.8) is 0 Å². The molecule has 1 aromatic heterocycles. The van der Waals surface area contributed by atoms with E-state index in [0.717, 1.165) is 6.20 Å². The van der Waals surface area contributed by atoms with E-state index in [0.29, 0.717) is 16.3 Å². The average molecular weight is 400 g/mol. The van der Waals surface area contributed by atoms with Crippen LogP contribution in [0.5, 0.6) is 0 Å². The number of carboxylic acids is 1. The Kier molecular flexibility index (Phi) is 5.66. The van der Waals surface area contributed by atoms with E-state index in [9.17, 15) is 20.0 Å². The zero-order chi connectivity index (χ0) is 20.1. The molecule has 3 N–H and O–H groups in total. The van der Waals surface area contributed by atoms with Crippen molar-refractivity contribution < 1.29 is 14.8 Å². The predicted molar refractivity (Wildman–Crippen MR) is 104 cm³/mol. The number of carbonyl (C=O) groups is 1. The highest BCUT2D eigenvalue weighted by Crippen LogP contribution is 2.28. The van der Waals surface area contributed by atoms with Gasteiger partial charge in [0.05, 0.1) is 4.92 Å². The van der Waals surface area contributed by atoms with Gasteiger partial charge in [0.1, 0.15) is 6.20 Å². The number of aromatic nitrogens is 2. The van der Waals surface area contributed by atoms with Crippen LogP contribution in [0.15, 0.2) is 60.8 Å². The summed E-state index contributed by atoms with van der Waals surface area (Å²) in [5.74, 6) is -1.35. The Bertz CT molecular complexity index is 999. The third-order valence-corrected chi connectivity index (χ3v) is 3.98. The molecule has 0 saturated heterocycles. The lowest BCUT2D eigenvalue weighted by molar-refractivity contribution is -0.384. The molecule has 0 radical (unpaired) electrons. The number of nitro groups is 1. The van der Waals surface area contributed by atoms with E-state index < -0.39 is 22.6 Å². The minimum absolute atomic E-state index is 0.0626. The molecule has 0 aliphatic carbocycles. The normalized spacial score (nSPS) is 11.5. The number of hydrogen-bond acceptors (Lipinski definition) is 7. The Labute approximate surface area is 164 Å². The maximum absolute atomic E-state index is 11.7. The van der Waals surface area contributed by atoms with Crippen molar-refractivity contribution in [3.8, 4) is 0 Å². The average Bonchev–Trinajstić information content (AvgIpc) is 2.68. The van der Waals surface area contributed by atoms with Gasteiger partial charge in [-0.25, -0.2) is 9.78 Å². The van der Waals surface area contributed by atoms with Crippen molar-refractivity contribution in [2.45, 2.75) is 6.04 Å². The van der Waals surface area contributed by atoms with Crippen LogP contribution < -0.4 is 10.6 Å². The van der Waals surface area contributed by atoms with Crippen LogP contribution in [0.2, 0.25) is 5.02 Å². The molecule has 3 rings (SSSR count). The smallest absolute Gasteiger partial charge is 0.330 e. The number of anilines is 3. The number of rotatable bonds is 7. The molecule has 1 heterocycles. The van der Waals surface area contributed by atoms with Crippen LogP contribution >= 0.6 is 11.6 Å². The van der Waals surface area contributed by atoms with Gasteiger partial charge in [-0.3, -0.25) is 10.1 Å². The predicted octanol–water partition coefficient (Wildman–Crippen LogP) is 4.02. The monoisotopic (exact) mass is 399 g/mol. The highest BCUT2D eigenvalue weighted by Gasteiger charge is 2.25. The summed E-state index contributed by atoms with van der Waals surface area (Å²) in [6, 6.07) is 13.8. The van der Waals surface area contributed by atoms with Gasteiger partial charge in [-0.2, -0.15) is 4.98 Å². The molecule has 3 aromatic rings. The number of halogens is 1. The highest BCUT2D eigenvalue weighted by molar-refractivity contribution is 6.30. The van der Waals surface area contributed by atoms with Crippen LogP contribution in [0.4, 0.5) is 23.1 Å².